The fraction of sp³-hybridized carbons (Fsp3) is 0.333. The molecule has 104 valence electrons. The number of hydrogen-bond acceptors (Lipinski definition) is 2. The quantitative estimate of drug-likeness (QED) is 0.764. The lowest BCUT2D eigenvalue weighted by molar-refractivity contribution is 0.0939. The number of benzene rings is 2. The first-order valence-corrected chi connectivity index (χ1v) is 7.03. The molecule has 2 aromatic carbocycles. The minimum Gasteiger partial charge on any atom is -0.294 e. The summed E-state index contributed by atoms with van der Waals surface area (Å²) >= 11 is 0. The van der Waals surface area contributed by atoms with Gasteiger partial charge in [0.05, 0.1) is 0 Å². The van der Waals surface area contributed by atoms with E-state index in [4.69, 9.17) is 0 Å². The minimum absolute atomic E-state index is 0.0807. The summed E-state index contributed by atoms with van der Waals surface area (Å²) in [5, 5.41) is 1.75. The average Bonchev–Trinajstić information content (AvgIpc) is 2.44. The lowest BCUT2D eigenvalue weighted by Gasteiger charge is -2.13. The fourth-order valence-corrected chi connectivity index (χ4v) is 2.37. The zero-order valence-electron chi connectivity index (χ0n) is 12.4. The SMILES string of the molecule is CC(C)C(=O)c1cccc2cccc(C(=O)C(C)C)c12. The Morgan fingerprint density at radius 3 is 1.50 bits per heavy atom. The number of fused-ring (bicyclic) bond motifs is 1. The zero-order chi connectivity index (χ0) is 14.9. The van der Waals surface area contributed by atoms with Crippen molar-refractivity contribution in [3.05, 3.63) is 47.5 Å². The Hall–Kier alpha value is -1.96. The van der Waals surface area contributed by atoms with E-state index in [1.165, 1.54) is 0 Å². The molecule has 0 unspecified atom stereocenters. The third-order valence-electron chi connectivity index (χ3n) is 3.48. The molecule has 0 aliphatic rings. The summed E-state index contributed by atoms with van der Waals surface area (Å²) in [6.45, 7) is 7.53. The topological polar surface area (TPSA) is 34.1 Å². The van der Waals surface area contributed by atoms with E-state index in [9.17, 15) is 9.59 Å². The maximum Gasteiger partial charge on any atom is 0.166 e. The summed E-state index contributed by atoms with van der Waals surface area (Å²) in [5.41, 5.74) is 1.31. The highest BCUT2D eigenvalue weighted by Crippen LogP contribution is 2.27. The molecular formula is C18H20O2. The molecule has 0 amide bonds. The van der Waals surface area contributed by atoms with Gasteiger partial charge in [-0.2, -0.15) is 0 Å². The van der Waals surface area contributed by atoms with Gasteiger partial charge in [-0.1, -0.05) is 64.1 Å². The van der Waals surface area contributed by atoms with Crippen LogP contribution in [0.4, 0.5) is 0 Å². The second kappa shape index (κ2) is 5.58. The molecule has 0 bridgehead atoms. The van der Waals surface area contributed by atoms with Crippen LogP contribution in [0.1, 0.15) is 48.4 Å². The Bertz CT molecular complexity index is 611. The molecule has 0 fully saturated rings. The van der Waals surface area contributed by atoms with Crippen molar-refractivity contribution in [1.82, 2.24) is 0 Å². The average molecular weight is 268 g/mol. The third-order valence-corrected chi connectivity index (χ3v) is 3.48. The van der Waals surface area contributed by atoms with Gasteiger partial charge in [-0.3, -0.25) is 9.59 Å². The van der Waals surface area contributed by atoms with Crippen molar-refractivity contribution in [2.45, 2.75) is 27.7 Å². The highest BCUT2D eigenvalue weighted by Gasteiger charge is 2.19. The summed E-state index contributed by atoms with van der Waals surface area (Å²) in [5.74, 6) is 0.00447. The van der Waals surface area contributed by atoms with E-state index in [2.05, 4.69) is 0 Å². The fourth-order valence-electron chi connectivity index (χ4n) is 2.37. The molecular weight excluding hydrogens is 248 g/mol. The Morgan fingerprint density at radius 2 is 1.15 bits per heavy atom. The van der Waals surface area contributed by atoms with Gasteiger partial charge in [-0.05, 0) is 5.39 Å². The van der Waals surface area contributed by atoms with Gasteiger partial charge in [0, 0.05) is 28.3 Å². The van der Waals surface area contributed by atoms with Crippen LogP contribution in [-0.4, -0.2) is 11.6 Å². The molecule has 2 aromatic rings. The van der Waals surface area contributed by atoms with Crippen LogP contribution in [0.2, 0.25) is 0 Å². The molecule has 0 aliphatic carbocycles. The number of hydrogen-bond donors (Lipinski definition) is 0. The highest BCUT2D eigenvalue weighted by molar-refractivity contribution is 6.17. The summed E-state index contributed by atoms with van der Waals surface area (Å²) in [6, 6.07) is 11.3. The smallest absolute Gasteiger partial charge is 0.166 e. The predicted molar refractivity (Wildman–Crippen MR) is 82.3 cm³/mol. The summed E-state index contributed by atoms with van der Waals surface area (Å²) < 4.78 is 0. The van der Waals surface area contributed by atoms with Gasteiger partial charge < -0.3 is 0 Å². The molecule has 0 saturated heterocycles. The van der Waals surface area contributed by atoms with E-state index in [-0.39, 0.29) is 23.4 Å². The van der Waals surface area contributed by atoms with E-state index in [0.29, 0.717) is 11.1 Å². The molecule has 2 heteroatoms. The van der Waals surface area contributed by atoms with E-state index < -0.39 is 0 Å². The number of ketones is 2. The van der Waals surface area contributed by atoms with Crippen LogP contribution < -0.4 is 0 Å². The highest BCUT2D eigenvalue weighted by atomic mass is 16.1. The first-order chi connectivity index (χ1) is 9.43. The molecule has 2 rings (SSSR count). The van der Waals surface area contributed by atoms with Crippen LogP contribution in [0.15, 0.2) is 36.4 Å². The largest absolute Gasteiger partial charge is 0.294 e. The number of carbonyl (C=O) groups is 2. The molecule has 0 heterocycles. The van der Waals surface area contributed by atoms with Crippen LogP contribution in [0.5, 0.6) is 0 Å². The van der Waals surface area contributed by atoms with E-state index in [1.807, 2.05) is 64.1 Å². The molecule has 20 heavy (non-hydrogen) atoms. The van der Waals surface area contributed by atoms with Crippen molar-refractivity contribution in [1.29, 1.82) is 0 Å². The van der Waals surface area contributed by atoms with E-state index in [0.717, 1.165) is 10.8 Å². The molecule has 0 aromatic heterocycles. The summed E-state index contributed by atoms with van der Waals surface area (Å²) in [4.78, 5) is 24.8. The lowest BCUT2D eigenvalue weighted by atomic mass is 9.89. The van der Waals surface area contributed by atoms with Crippen molar-refractivity contribution < 1.29 is 9.59 Å². The van der Waals surface area contributed by atoms with Crippen molar-refractivity contribution >= 4 is 22.3 Å². The first kappa shape index (κ1) is 14.4. The first-order valence-electron chi connectivity index (χ1n) is 7.03. The summed E-state index contributed by atoms with van der Waals surface area (Å²) in [7, 11) is 0. The number of carbonyl (C=O) groups excluding carboxylic acids is 2. The van der Waals surface area contributed by atoms with E-state index >= 15 is 0 Å². The van der Waals surface area contributed by atoms with Gasteiger partial charge in [-0.25, -0.2) is 0 Å². The third kappa shape index (κ3) is 2.51. The molecule has 0 aliphatic heterocycles. The molecule has 0 radical (unpaired) electrons. The van der Waals surface area contributed by atoms with Gasteiger partial charge in [0.15, 0.2) is 11.6 Å². The Labute approximate surface area is 119 Å². The van der Waals surface area contributed by atoms with Crippen LogP contribution in [0.25, 0.3) is 10.8 Å². The van der Waals surface area contributed by atoms with Crippen LogP contribution >= 0.6 is 0 Å². The maximum atomic E-state index is 12.4. The van der Waals surface area contributed by atoms with Gasteiger partial charge in [0.25, 0.3) is 0 Å². The van der Waals surface area contributed by atoms with Crippen LogP contribution in [-0.2, 0) is 0 Å². The van der Waals surface area contributed by atoms with Crippen molar-refractivity contribution in [3.8, 4) is 0 Å². The minimum atomic E-state index is -0.0807. The van der Waals surface area contributed by atoms with Gasteiger partial charge in [-0.15, -0.1) is 0 Å². The molecule has 0 spiro atoms. The van der Waals surface area contributed by atoms with Crippen LogP contribution in [0.3, 0.4) is 0 Å². The number of Topliss-reactive ketones (excluding diaryl/α,β-unsaturated/α-hetero) is 2. The standard InChI is InChI=1S/C18H20O2/c1-11(2)17(19)14-9-5-7-13-8-6-10-15(16(13)14)18(20)12(3)4/h5-12H,1-4H3. The number of rotatable bonds is 4. The van der Waals surface area contributed by atoms with Crippen molar-refractivity contribution in [2.24, 2.45) is 11.8 Å². The Kier molecular flexibility index (Phi) is 4.03. The van der Waals surface area contributed by atoms with Crippen molar-refractivity contribution in [2.75, 3.05) is 0 Å². The normalized spacial score (nSPS) is 11.3. The monoisotopic (exact) mass is 268 g/mol. The van der Waals surface area contributed by atoms with Gasteiger partial charge in [0.2, 0.25) is 0 Å². The van der Waals surface area contributed by atoms with Gasteiger partial charge in [0.1, 0.15) is 0 Å². The molecule has 2 nitrogen and oxygen atoms in total. The Balaban J connectivity index is 2.77. The second-order valence-electron chi connectivity index (χ2n) is 5.75. The lowest BCUT2D eigenvalue weighted by Crippen LogP contribution is -2.12. The summed E-state index contributed by atoms with van der Waals surface area (Å²) in [6.07, 6.45) is 0. The predicted octanol–water partition coefficient (Wildman–Crippen LogP) is 4.52. The van der Waals surface area contributed by atoms with E-state index in [1.54, 1.807) is 0 Å². The molecule has 0 atom stereocenters. The second-order valence-corrected chi connectivity index (χ2v) is 5.75. The van der Waals surface area contributed by atoms with Crippen molar-refractivity contribution in [3.63, 3.8) is 0 Å². The maximum absolute atomic E-state index is 12.4. The van der Waals surface area contributed by atoms with Gasteiger partial charge >= 0.3 is 0 Å². The molecule has 0 saturated carbocycles. The van der Waals surface area contributed by atoms with Crippen LogP contribution in [0, 0.1) is 11.8 Å². The molecule has 0 N–H and O–H groups in total. The zero-order valence-corrected chi connectivity index (χ0v) is 12.4. The Morgan fingerprint density at radius 1 is 0.750 bits per heavy atom.